The third kappa shape index (κ3) is 4.50. The number of carboxylic acid groups (broad SMARTS) is 1. The molecule has 33 heavy (non-hydrogen) atoms. The van der Waals surface area contributed by atoms with Crippen molar-refractivity contribution in [2.24, 2.45) is 0 Å². The number of para-hydroxylation sites is 1. The molecular formula is C25H26N4O4. The van der Waals surface area contributed by atoms with E-state index in [1.807, 2.05) is 26.0 Å². The van der Waals surface area contributed by atoms with Gasteiger partial charge in [-0.3, -0.25) is 14.0 Å². The Kier molecular flexibility index (Phi) is 6.00. The Morgan fingerprint density at radius 1 is 1.21 bits per heavy atom. The number of fused-ring (bicyclic) bond motifs is 1. The topological polar surface area (TPSA) is 104 Å². The Morgan fingerprint density at radius 2 is 1.97 bits per heavy atom. The molecule has 0 saturated heterocycles. The summed E-state index contributed by atoms with van der Waals surface area (Å²) in [5.41, 5.74) is 4.23. The van der Waals surface area contributed by atoms with Gasteiger partial charge in [-0.05, 0) is 49.6 Å². The summed E-state index contributed by atoms with van der Waals surface area (Å²) in [6, 6.07) is 9.90. The summed E-state index contributed by atoms with van der Waals surface area (Å²) in [7, 11) is 0. The van der Waals surface area contributed by atoms with Crippen LogP contribution in [0.1, 0.15) is 53.5 Å². The minimum Gasteiger partial charge on any atom is -0.478 e. The Bertz CT molecular complexity index is 1340. The van der Waals surface area contributed by atoms with Gasteiger partial charge >= 0.3 is 5.97 Å². The number of aryl methyl sites for hydroxylation is 1. The third-order valence-corrected chi connectivity index (χ3v) is 5.91. The quantitative estimate of drug-likeness (QED) is 0.622. The lowest BCUT2D eigenvalue weighted by Gasteiger charge is -2.25. The van der Waals surface area contributed by atoms with Crippen LogP contribution in [0.2, 0.25) is 0 Å². The van der Waals surface area contributed by atoms with Crippen molar-refractivity contribution in [1.29, 1.82) is 0 Å². The van der Waals surface area contributed by atoms with Gasteiger partial charge in [0.2, 0.25) is 5.91 Å². The molecule has 0 saturated carbocycles. The van der Waals surface area contributed by atoms with Crippen LogP contribution in [-0.4, -0.2) is 44.4 Å². The summed E-state index contributed by atoms with van der Waals surface area (Å²) in [4.78, 5) is 42.8. The maximum absolute atomic E-state index is 13.0. The maximum Gasteiger partial charge on any atom is 0.337 e. The molecule has 1 atom stereocenters. The van der Waals surface area contributed by atoms with Gasteiger partial charge in [0.05, 0.1) is 17.3 Å². The van der Waals surface area contributed by atoms with Crippen molar-refractivity contribution in [1.82, 2.24) is 14.3 Å². The molecule has 3 heterocycles. The van der Waals surface area contributed by atoms with Crippen LogP contribution in [0.4, 0.5) is 5.69 Å². The number of nitrogens with one attached hydrogen (secondary N) is 1. The second-order valence-electron chi connectivity index (χ2n) is 8.31. The van der Waals surface area contributed by atoms with E-state index in [1.165, 1.54) is 10.5 Å². The zero-order valence-corrected chi connectivity index (χ0v) is 18.8. The third-order valence-electron chi connectivity index (χ3n) is 5.91. The summed E-state index contributed by atoms with van der Waals surface area (Å²) in [5, 5.41) is 12.8. The molecule has 1 aliphatic rings. The fraction of sp³-hybridized carbons (Fsp3) is 0.280. The molecule has 0 unspecified atom stereocenters. The highest BCUT2D eigenvalue weighted by Crippen LogP contribution is 2.27. The average molecular weight is 447 g/mol. The van der Waals surface area contributed by atoms with Gasteiger partial charge in [-0.1, -0.05) is 18.2 Å². The van der Waals surface area contributed by atoms with E-state index in [0.717, 1.165) is 16.7 Å². The smallest absolute Gasteiger partial charge is 0.337 e. The number of anilines is 1. The molecule has 1 aromatic carbocycles. The molecule has 0 spiro atoms. The van der Waals surface area contributed by atoms with E-state index in [4.69, 9.17) is 4.98 Å². The van der Waals surface area contributed by atoms with Crippen molar-refractivity contribution < 1.29 is 14.7 Å². The first-order valence-corrected chi connectivity index (χ1v) is 10.8. The molecule has 2 N–H and O–H groups in total. The van der Waals surface area contributed by atoms with E-state index in [-0.39, 0.29) is 23.1 Å². The number of pyridine rings is 1. The minimum absolute atomic E-state index is 0.0242. The molecule has 0 bridgehead atoms. The van der Waals surface area contributed by atoms with Crippen molar-refractivity contribution in [3.8, 4) is 0 Å². The van der Waals surface area contributed by atoms with Crippen molar-refractivity contribution in [3.63, 3.8) is 0 Å². The van der Waals surface area contributed by atoms with Crippen LogP contribution in [0.15, 0.2) is 53.5 Å². The van der Waals surface area contributed by atoms with Crippen LogP contribution in [0, 0.1) is 6.92 Å². The largest absolute Gasteiger partial charge is 0.478 e. The number of nitrogens with zero attached hydrogens (tertiary/aromatic N) is 3. The first-order valence-electron chi connectivity index (χ1n) is 10.8. The van der Waals surface area contributed by atoms with E-state index >= 15 is 0 Å². The van der Waals surface area contributed by atoms with E-state index in [9.17, 15) is 19.5 Å². The molecule has 8 nitrogen and oxygen atoms in total. The second kappa shape index (κ2) is 8.90. The average Bonchev–Trinajstić information content (AvgIpc) is 2.79. The van der Waals surface area contributed by atoms with Crippen LogP contribution in [0.5, 0.6) is 0 Å². The molecule has 3 aromatic rings. The zero-order chi connectivity index (χ0) is 23.7. The second-order valence-corrected chi connectivity index (χ2v) is 8.31. The van der Waals surface area contributed by atoms with Crippen molar-refractivity contribution >= 4 is 28.8 Å². The summed E-state index contributed by atoms with van der Waals surface area (Å²) in [6.07, 6.45) is 4.33. The zero-order valence-electron chi connectivity index (χ0n) is 18.8. The van der Waals surface area contributed by atoms with E-state index in [1.54, 1.807) is 42.3 Å². The predicted octanol–water partition coefficient (Wildman–Crippen LogP) is 3.51. The normalized spacial score (nSPS) is 14.6. The van der Waals surface area contributed by atoms with E-state index < -0.39 is 5.97 Å². The van der Waals surface area contributed by atoms with Crippen LogP contribution >= 0.6 is 0 Å². The Labute approximate surface area is 191 Å². The van der Waals surface area contributed by atoms with Crippen LogP contribution < -0.4 is 10.9 Å². The van der Waals surface area contributed by atoms with Gasteiger partial charge in [0.15, 0.2) is 0 Å². The molecule has 0 aliphatic carbocycles. The standard InChI is InChI=1S/C25H26N4O4/c1-15-12-20(16(2)26-21-7-5-4-6-19(21)25(32)33)24-27-22(13-23(31)29(24)14-15)18-8-10-28(11-9-18)17(3)30/h4-8,12-14,16,26H,9-11H2,1-3H3,(H,32,33)/t16-/m1/s1. The van der Waals surface area contributed by atoms with Gasteiger partial charge in [0, 0.05) is 43.5 Å². The van der Waals surface area contributed by atoms with Gasteiger partial charge < -0.3 is 15.3 Å². The number of hydrogen-bond acceptors (Lipinski definition) is 5. The number of amides is 1. The van der Waals surface area contributed by atoms with Gasteiger partial charge in [-0.25, -0.2) is 9.78 Å². The molecule has 8 heteroatoms. The van der Waals surface area contributed by atoms with Crippen molar-refractivity contribution in [2.45, 2.75) is 33.2 Å². The fourth-order valence-electron chi connectivity index (χ4n) is 4.15. The van der Waals surface area contributed by atoms with Crippen LogP contribution in [0.25, 0.3) is 11.2 Å². The summed E-state index contributed by atoms with van der Waals surface area (Å²) in [5.74, 6) is -0.990. The molecule has 1 amide bonds. The molecule has 170 valence electrons. The SMILES string of the molecule is CC(=O)N1CC=C(c2cc(=O)n3cc(C)cc([C@@H](C)Nc4ccccc4C(=O)O)c3n2)CC1. The summed E-state index contributed by atoms with van der Waals surface area (Å²) >= 11 is 0. The number of carboxylic acids is 1. The Morgan fingerprint density at radius 3 is 2.64 bits per heavy atom. The number of hydrogen-bond donors (Lipinski definition) is 2. The number of rotatable bonds is 5. The number of benzene rings is 1. The van der Waals surface area contributed by atoms with Gasteiger partial charge in [0.25, 0.3) is 5.56 Å². The van der Waals surface area contributed by atoms with Crippen LogP contribution in [-0.2, 0) is 4.79 Å². The minimum atomic E-state index is -1.01. The van der Waals surface area contributed by atoms with Gasteiger partial charge in [0.1, 0.15) is 5.65 Å². The lowest BCUT2D eigenvalue weighted by molar-refractivity contribution is -0.128. The van der Waals surface area contributed by atoms with Gasteiger partial charge in [-0.15, -0.1) is 0 Å². The van der Waals surface area contributed by atoms with Crippen molar-refractivity contribution in [3.05, 3.63) is 81.4 Å². The molecule has 0 fully saturated rings. The summed E-state index contributed by atoms with van der Waals surface area (Å²) in [6.45, 7) is 6.45. The molecule has 2 aromatic heterocycles. The van der Waals surface area contributed by atoms with Crippen LogP contribution in [0.3, 0.4) is 0 Å². The van der Waals surface area contributed by atoms with E-state index in [2.05, 4.69) is 5.32 Å². The van der Waals surface area contributed by atoms with Crippen molar-refractivity contribution in [2.75, 3.05) is 18.4 Å². The number of aromatic nitrogens is 2. The highest BCUT2D eigenvalue weighted by molar-refractivity contribution is 5.94. The Hall–Kier alpha value is -3.94. The predicted molar refractivity (Wildman–Crippen MR) is 126 cm³/mol. The molecule has 4 rings (SSSR count). The number of aromatic carboxylic acids is 1. The Balaban J connectivity index is 1.77. The molecule has 0 radical (unpaired) electrons. The van der Waals surface area contributed by atoms with E-state index in [0.29, 0.717) is 36.5 Å². The lowest BCUT2D eigenvalue weighted by atomic mass is 10.0. The molecule has 1 aliphatic heterocycles. The first kappa shape index (κ1) is 22.3. The number of carbonyl (C=O) groups excluding carboxylic acids is 1. The first-order chi connectivity index (χ1) is 15.7. The highest BCUT2D eigenvalue weighted by atomic mass is 16.4. The maximum atomic E-state index is 13.0. The summed E-state index contributed by atoms with van der Waals surface area (Å²) < 4.78 is 1.53. The van der Waals surface area contributed by atoms with Gasteiger partial charge in [-0.2, -0.15) is 0 Å². The highest BCUT2D eigenvalue weighted by Gasteiger charge is 2.20. The monoisotopic (exact) mass is 446 g/mol. The fourth-order valence-corrected chi connectivity index (χ4v) is 4.15. The number of carbonyl (C=O) groups is 2. The lowest BCUT2D eigenvalue weighted by Crippen LogP contribution is -2.32. The molecular weight excluding hydrogens is 420 g/mol.